The van der Waals surface area contributed by atoms with Crippen LogP contribution in [0.1, 0.15) is 41.7 Å². The molecule has 0 saturated carbocycles. The third kappa shape index (κ3) is 2.62. The molecule has 0 amide bonds. The first-order valence-corrected chi connectivity index (χ1v) is 6.92. The van der Waals surface area contributed by atoms with E-state index >= 15 is 0 Å². The number of aromatic nitrogens is 1. The molecule has 2 nitrogen and oxygen atoms in total. The quantitative estimate of drug-likeness (QED) is 0.764. The second kappa shape index (κ2) is 6.16. The number of rotatable bonds is 1. The van der Waals surface area contributed by atoms with E-state index in [1.54, 1.807) is 12.4 Å². The predicted molar refractivity (Wildman–Crippen MR) is 83.1 cm³/mol. The lowest BCUT2D eigenvalue weighted by Gasteiger charge is -2.03. The van der Waals surface area contributed by atoms with E-state index in [1.807, 2.05) is 19.9 Å². The first-order chi connectivity index (χ1) is 9.78. The zero-order valence-electron chi connectivity index (χ0n) is 12.1. The van der Waals surface area contributed by atoms with Gasteiger partial charge in [0, 0.05) is 12.4 Å². The number of pyridine rings is 1. The van der Waals surface area contributed by atoms with Crippen LogP contribution in [0.3, 0.4) is 0 Å². The Hall–Kier alpha value is -2.40. The molecule has 1 aromatic heterocycles. The fourth-order valence-corrected chi connectivity index (χ4v) is 2.39. The molecule has 2 aromatic rings. The van der Waals surface area contributed by atoms with E-state index in [0.29, 0.717) is 5.56 Å². The van der Waals surface area contributed by atoms with Crippen LogP contribution in [0.25, 0.3) is 11.6 Å². The Kier molecular flexibility index (Phi) is 4.32. The van der Waals surface area contributed by atoms with Gasteiger partial charge in [-0.1, -0.05) is 43.7 Å². The molecule has 3 rings (SSSR count). The molecule has 0 bridgehead atoms. The molecule has 0 fully saturated rings. The minimum atomic E-state index is 0.647. The summed E-state index contributed by atoms with van der Waals surface area (Å²) in [6.45, 7) is 6.10. The molecule has 1 heterocycles. The maximum atomic E-state index is 9.12. The number of fused-ring (bicyclic) bond motifs is 1. The van der Waals surface area contributed by atoms with E-state index in [2.05, 4.69) is 42.3 Å². The van der Waals surface area contributed by atoms with E-state index in [-0.39, 0.29) is 0 Å². The van der Waals surface area contributed by atoms with E-state index in [0.717, 1.165) is 12.0 Å². The van der Waals surface area contributed by atoms with Crippen molar-refractivity contribution in [1.82, 2.24) is 4.98 Å². The van der Waals surface area contributed by atoms with Gasteiger partial charge >= 0.3 is 0 Å². The summed E-state index contributed by atoms with van der Waals surface area (Å²) in [6, 6.07) is 10.6. The highest BCUT2D eigenvalue weighted by atomic mass is 14.6. The van der Waals surface area contributed by atoms with Crippen molar-refractivity contribution in [2.75, 3.05) is 0 Å². The van der Waals surface area contributed by atoms with E-state index < -0.39 is 0 Å². The van der Waals surface area contributed by atoms with Gasteiger partial charge in [-0.3, -0.25) is 4.98 Å². The van der Waals surface area contributed by atoms with Crippen molar-refractivity contribution in [3.05, 3.63) is 64.5 Å². The summed E-state index contributed by atoms with van der Waals surface area (Å²) in [5.41, 5.74) is 6.72. The maximum absolute atomic E-state index is 9.12. The molecular formula is C18H18N2. The normalized spacial score (nSPS) is 11.8. The van der Waals surface area contributed by atoms with Gasteiger partial charge < -0.3 is 0 Å². The van der Waals surface area contributed by atoms with Crippen LogP contribution in [-0.4, -0.2) is 4.98 Å². The van der Waals surface area contributed by atoms with Gasteiger partial charge in [-0.25, -0.2) is 0 Å². The molecule has 1 aromatic carbocycles. The molecule has 0 aliphatic heterocycles. The lowest BCUT2D eigenvalue weighted by atomic mass is 10.0. The average molecular weight is 262 g/mol. The first-order valence-electron chi connectivity index (χ1n) is 6.92. The van der Waals surface area contributed by atoms with Gasteiger partial charge in [0.05, 0.1) is 5.56 Å². The van der Waals surface area contributed by atoms with Crippen molar-refractivity contribution in [3.63, 3.8) is 0 Å². The highest BCUT2D eigenvalue weighted by molar-refractivity contribution is 5.90. The van der Waals surface area contributed by atoms with Crippen LogP contribution in [-0.2, 0) is 6.42 Å². The second-order valence-electron chi connectivity index (χ2n) is 4.58. The third-order valence-corrected chi connectivity index (χ3v) is 3.30. The highest BCUT2D eigenvalue weighted by Gasteiger charge is 2.16. The second-order valence-corrected chi connectivity index (χ2v) is 4.58. The zero-order chi connectivity index (χ0) is 14.5. The number of nitrogens with zero attached hydrogens (tertiary/aromatic N) is 2. The van der Waals surface area contributed by atoms with Gasteiger partial charge in [0.25, 0.3) is 0 Å². The van der Waals surface area contributed by atoms with Crippen molar-refractivity contribution >= 4 is 11.6 Å². The number of hydrogen-bond donors (Lipinski definition) is 0. The largest absolute Gasteiger partial charge is 0.263 e. The molecular weight excluding hydrogens is 244 g/mol. The number of aryl methyl sites for hydroxylation is 1. The molecule has 0 unspecified atom stereocenters. The summed E-state index contributed by atoms with van der Waals surface area (Å²) >= 11 is 0. The zero-order valence-corrected chi connectivity index (χ0v) is 12.1. The van der Waals surface area contributed by atoms with Gasteiger partial charge in [-0.05, 0) is 41.7 Å². The third-order valence-electron chi connectivity index (χ3n) is 3.30. The average Bonchev–Trinajstić information content (AvgIpc) is 2.92. The van der Waals surface area contributed by atoms with Crippen molar-refractivity contribution in [1.29, 1.82) is 5.26 Å². The Balaban J connectivity index is 0.000000704. The molecule has 2 heteroatoms. The van der Waals surface area contributed by atoms with Gasteiger partial charge in [0.2, 0.25) is 0 Å². The van der Waals surface area contributed by atoms with Crippen molar-refractivity contribution in [3.8, 4) is 6.07 Å². The van der Waals surface area contributed by atoms with Crippen LogP contribution in [0.5, 0.6) is 0 Å². The first kappa shape index (κ1) is 14.0. The summed E-state index contributed by atoms with van der Waals surface area (Å²) < 4.78 is 0. The molecule has 1 aliphatic carbocycles. The topological polar surface area (TPSA) is 36.7 Å². The smallest absolute Gasteiger partial charge is 0.101 e. The molecule has 0 saturated heterocycles. The van der Waals surface area contributed by atoms with Crippen LogP contribution in [0.15, 0.2) is 36.7 Å². The molecule has 100 valence electrons. The number of benzene rings is 1. The van der Waals surface area contributed by atoms with Crippen molar-refractivity contribution in [2.24, 2.45) is 0 Å². The Morgan fingerprint density at radius 3 is 2.75 bits per heavy atom. The maximum Gasteiger partial charge on any atom is 0.101 e. The monoisotopic (exact) mass is 262 g/mol. The molecule has 20 heavy (non-hydrogen) atoms. The lowest BCUT2D eigenvalue weighted by molar-refractivity contribution is 1.25. The van der Waals surface area contributed by atoms with Crippen LogP contribution >= 0.6 is 0 Å². The Morgan fingerprint density at radius 2 is 2.00 bits per heavy atom. The van der Waals surface area contributed by atoms with Crippen molar-refractivity contribution < 1.29 is 0 Å². The summed E-state index contributed by atoms with van der Waals surface area (Å²) in [5.74, 6) is 0. The summed E-state index contributed by atoms with van der Waals surface area (Å²) in [5, 5.41) is 9.12. The summed E-state index contributed by atoms with van der Waals surface area (Å²) in [7, 11) is 0. The molecule has 0 radical (unpaired) electrons. The van der Waals surface area contributed by atoms with Crippen LogP contribution in [0.2, 0.25) is 0 Å². The minimum Gasteiger partial charge on any atom is -0.263 e. The molecule has 0 N–H and O–H groups in total. The fraction of sp³-hybridized carbons (Fsp3) is 0.222. The van der Waals surface area contributed by atoms with Gasteiger partial charge in [-0.15, -0.1) is 0 Å². The van der Waals surface area contributed by atoms with E-state index in [1.165, 1.54) is 22.3 Å². The highest BCUT2D eigenvalue weighted by Crippen LogP contribution is 2.33. The fourth-order valence-electron chi connectivity index (χ4n) is 2.39. The predicted octanol–water partition coefficient (Wildman–Crippen LogP) is 4.38. The molecule has 1 aliphatic rings. The SMILES string of the molecule is CC.Cc1ccc2c(c1)C=C(c1ccncc1C#N)C2. The lowest BCUT2D eigenvalue weighted by Crippen LogP contribution is -1.91. The Morgan fingerprint density at radius 1 is 1.20 bits per heavy atom. The molecule has 0 atom stereocenters. The van der Waals surface area contributed by atoms with Crippen LogP contribution in [0, 0.1) is 18.3 Å². The number of nitriles is 1. The van der Waals surface area contributed by atoms with E-state index in [9.17, 15) is 0 Å². The minimum absolute atomic E-state index is 0.647. The Labute approximate surface area is 120 Å². The Bertz CT molecular complexity index is 691. The van der Waals surface area contributed by atoms with Gasteiger partial charge in [-0.2, -0.15) is 5.26 Å². The molecule has 0 spiro atoms. The van der Waals surface area contributed by atoms with Crippen LogP contribution in [0.4, 0.5) is 0 Å². The van der Waals surface area contributed by atoms with Crippen LogP contribution < -0.4 is 0 Å². The van der Waals surface area contributed by atoms with Gasteiger partial charge in [0.15, 0.2) is 0 Å². The number of hydrogen-bond acceptors (Lipinski definition) is 2. The summed E-state index contributed by atoms with van der Waals surface area (Å²) in [6.07, 6.45) is 6.45. The standard InChI is InChI=1S/C16H12N2.C2H6/c1-11-2-3-12-7-14(8-13(12)6-11)16-4-5-18-10-15(16)9-17;1-2/h2-6,8,10H,7H2,1H3;1-2H3. The van der Waals surface area contributed by atoms with Crippen molar-refractivity contribution in [2.45, 2.75) is 27.2 Å². The van der Waals surface area contributed by atoms with Gasteiger partial charge in [0.1, 0.15) is 6.07 Å². The summed E-state index contributed by atoms with van der Waals surface area (Å²) in [4.78, 5) is 4.00. The number of allylic oxidation sites excluding steroid dienone is 1. The van der Waals surface area contributed by atoms with E-state index in [4.69, 9.17) is 5.26 Å².